The highest BCUT2D eigenvalue weighted by atomic mass is 19.3. The number of carbonyl (C=O) groups is 1. The number of carboxylic acid groups (broad SMARTS) is 1. The van der Waals surface area contributed by atoms with E-state index in [2.05, 4.69) is 0 Å². The van der Waals surface area contributed by atoms with Crippen LogP contribution >= 0.6 is 0 Å². The normalized spacial score (nSPS) is 17.9. The molecule has 1 N–H and O–H groups in total. The Morgan fingerprint density at radius 2 is 1.93 bits per heavy atom. The van der Waals surface area contributed by atoms with Gasteiger partial charge in [-0.2, -0.15) is 0 Å². The van der Waals surface area contributed by atoms with E-state index in [9.17, 15) is 13.6 Å². The predicted molar refractivity (Wildman–Crippen MR) is 45.8 cm³/mol. The van der Waals surface area contributed by atoms with Crippen molar-refractivity contribution in [3.8, 4) is 0 Å². The second-order valence-electron chi connectivity index (χ2n) is 3.50. The summed E-state index contributed by atoms with van der Waals surface area (Å²) in [5.41, 5.74) is 1.08. The minimum Gasteiger partial charge on any atom is -0.478 e. The Labute approximate surface area is 79.2 Å². The first-order valence-corrected chi connectivity index (χ1v) is 4.21. The van der Waals surface area contributed by atoms with Crippen LogP contribution in [0.1, 0.15) is 21.5 Å². The van der Waals surface area contributed by atoms with Gasteiger partial charge < -0.3 is 5.11 Å². The summed E-state index contributed by atoms with van der Waals surface area (Å²) in [7, 11) is 0. The molecule has 0 spiro atoms. The molecule has 0 amide bonds. The topological polar surface area (TPSA) is 37.3 Å². The van der Waals surface area contributed by atoms with Gasteiger partial charge in [-0.3, -0.25) is 0 Å². The van der Waals surface area contributed by atoms with Gasteiger partial charge in [-0.15, -0.1) is 0 Å². The summed E-state index contributed by atoms with van der Waals surface area (Å²) in [6, 6.07) is 4.17. The zero-order valence-corrected chi connectivity index (χ0v) is 7.26. The van der Waals surface area contributed by atoms with Gasteiger partial charge in [0, 0.05) is 12.8 Å². The van der Waals surface area contributed by atoms with E-state index in [1.807, 2.05) is 0 Å². The highest BCUT2D eigenvalue weighted by molar-refractivity contribution is 5.88. The molecule has 74 valence electrons. The zero-order chi connectivity index (χ0) is 10.3. The highest BCUT2D eigenvalue weighted by Crippen LogP contribution is 2.34. The molecular weight excluding hydrogens is 190 g/mol. The van der Waals surface area contributed by atoms with E-state index in [-0.39, 0.29) is 18.4 Å². The second-order valence-corrected chi connectivity index (χ2v) is 3.50. The first-order chi connectivity index (χ1) is 6.48. The van der Waals surface area contributed by atoms with Crippen molar-refractivity contribution in [2.24, 2.45) is 0 Å². The molecule has 1 aromatic carbocycles. The zero-order valence-electron chi connectivity index (χ0n) is 7.26. The number of rotatable bonds is 1. The lowest BCUT2D eigenvalue weighted by molar-refractivity contribution is 0.0130. The van der Waals surface area contributed by atoms with Crippen LogP contribution in [-0.4, -0.2) is 17.0 Å². The van der Waals surface area contributed by atoms with E-state index in [1.54, 1.807) is 0 Å². The van der Waals surface area contributed by atoms with Crippen LogP contribution in [0.25, 0.3) is 0 Å². The van der Waals surface area contributed by atoms with Gasteiger partial charge in [-0.25, -0.2) is 13.6 Å². The van der Waals surface area contributed by atoms with E-state index >= 15 is 0 Å². The molecule has 0 unspecified atom stereocenters. The summed E-state index contributed by atoms with van der Waals surface area (Å²) in [4.78, 5) is 10.6. The Morgan fingerprint density at radius 3 is 2.57 bits per heavy atom. The molecule has 14 heavy (non-hydrogen) atoms. The summed E-state index contributed by atoms with van der Waals surface area (Å²) < 4.78 is 25.8. The van der Waals surface area contributed by atoms with Crippen LogP contribution in [0.5, 0.6) is 0 Å². The number of aromatic carboxylic acids is 1. The fraction of sp³-hybridized carbons (Fsp3) is 0.300. The van der Waals surface area contributed by atoms with E-state index < -0.39 is 11.9 Å². The Balaban J connectivity index is 2.40. The molecule has 0 atom stereocenters. The van der Waals surface area contributed by atoms with Gasteiger partial charge in [0.1, 0.15) is 0 Å². The van der Waals surface area contributed by atoms with Gasteiger partial charge >= 0.3 is 5.97 Å². The van der Waals surface area contributed by atoms with Gasteiger partial charge in [-0.1, -0.05) is 6.07 Å². The largest absolute Gasteiger partial charge is 0.478 e. The number of hydrogen-bond acceptors (Lipinski definition) is 1. The molecule has 0 radical (unpaired) electrons. The van der Waals surface area contributed by atoms with Gasteiger partial charge in [0.15, 0.2) is 0 Å². The van der Waals surface area contributed by atoms with Crippen LogP contribution in [0, 0.1) is 0 Å². The summed E-state index contributed by atoms with van der Waals surface area (Å²) in [5, 5.41) is 8.66. The molecule has 2 nitrogen and oxygen atoms in total. The first kappa shape index (κ1) is 9.12. The maximum absolute atomic E-state index is 12.9. The van der Waals surface area contributed by atoms with Crippen molar-refractivity contribution < 1.29 is 18.7 Å². The molecule has 0 bridgehead atoms. The van der Waals surface area contributed by atoms with Crippen LogP contribution in [0.3, 0.4) is 0 Å². The second kappa shape index (κ2) is 2.77. The molecule has 2 rings (SSSR count). The van der Waals surface area contributed by atoms with Gasteiger partial charge in [0.25, 0.3) is 5.92 Å². The Hall–Kier alpha value is -1.45. The molecule has 0 heterocycles. The molecule has 0 saturated heterocycles. The van der Waals surface area contributed by atoms with Crippen LogP contribution < -0.4 is 0 Å². The van der Waals surface area contributed by atoms with Crippen molar-refractivity contribution in [1.29, 1.82) is 0 Å². The Morgan fingerprint density at radius 1 is 1.29 bits per heavy atom. The van der Waals surface area contributed by atoms with Crippen LogP contribution in [-0.2, 0) is 12.8 Å². The minimum atomic E-state index is -2.71. The van der Waals surface area contributed by atoms with Crippen LogP contribution in [0.15, 0.2) is 18.2 Å². The average Bonchev–Trinajstić information content (AvgIpc) is 2.36. The standard InChI is InChI=1S/C10H8F2O2/c11-10(12)4-7-2-1-6(9(13)14)3-8(7)5-10/h1-3H,4-5H2,(H,13,14). The minimum absolute atomic E-state index is 0.0708. The first-order valence-electron chi connectivity index (χ1n) is 4.21. The fourth-order valence-corrected chi connectivity index (χ4v) is 1.72. The molecule has 1 aromatic rings. The number of benzene rings is 1. The lowest BCUT2D eigenvalue weighted by atomic mass is 10.1. The highest BCUT2D eigenvalue weighted by Gasteiger charge is 2.37. The number of alkyl halides is 2. The smallest absolute Gasteiger partial charge is 0.335 e. The van der Waals surface area contributed by atoms with Crippen molar-refractivity contribution in [3.63, 3.8) is 0 Å². The van der Waals surface area contributed by atoms with Crippen molar-refractivity contribution in [3.05, 3.63) is 34.9 Å². The van der Waals surface area contributed by atoms with Crippen molar-refractivity contribution >= 4 is 5.97 Å². The molecule has 4 heteroatoms. The van der Waals surface area contributed by atoms with Gasteiger partial charge in [0.2, 0.25) is 0 Å². The molecule has 0 aliphatic heterocycles. The lowest BCUT2D eigenvalue weighted by Crippen LogP contribution is -2.14. The molecule has 0 saturated carbocycles. The van der Waals surface area contributed by atoms with Crippen LogP contribution in [0.2, 0.25) is 0 Å². The molecule has 0 fully saturated rings. The quantitative estimate of drug-likeness (QED) is 0.750. The maximum atomic E-state index is 12.9. The fourth-order valence-electron chi connectivity index (χ4n) is 1.72. The third-order valence-electron chi connectivity index (χ3n) is 2.35. The average molecular weight is 198 g/mol. The number of carboxylic acids is 1. The third kappa shape index (κ3) is 1.47. The van der Waals surface area contributed by atoms with E-state index in [4.69, 9.17) is 5.11 Å². The van der Waals surface area contributed by atoms with Crippen molar-refractivity contribution in [1.82, 2.24) is 0 Å². The summed E-state index contributed by atoms with van der Waals surface area (Å²) in [5.74, 6) is -3.79. The van der Waals surface area contributed by atoms with E-state index in [0.29, 0.717) is 11.1 Å². The van der Waals surface area contributed by atoms with Gasteiger partial charge in [0.05, 0.1) is 5.56 Å². The lowest BCUT2D eigenvalue weighted by Gasteiger charge is -2.04. The van der Waals surface area contributed by atoms with E-state index in [1.165, 1.54) is 18.2 Å². The summed E-state index contributed by atoms with van der Waals surface area (Å²) in [6.07, 6.45) is -0.619. The SMILES string of the molecule is O=C(O)c1ccc2c(c1)CC(F)(F)C2. The summed E-state index contributed by atoms with van der Waals surface area (Å²) >= 11 is 0. The molecule has 1 aliphatic carbocycles. The van der Waals surface area contributed by atoms with Crippen LogP contribution in [0.4, 0.5) is 8.78 Å². The Kier molecular flexibility index (Phi) is 1.80. The number of fused-ring (bicyclic) bond motifs is 1. The summed E-state index contributed by atoms with van der Waals surface area (Å²) in [6.45, 7) is 0. The molecule has 1 aliphatic rings. The Bertz CT molecular complexity index is 399. The monoisotopic (exact) mass is 198 g/mol. The van der Waals surface area contributed by atoms with Crippen molar-refractivity contribution in [2.45, 2.75) is 18.8 Å². The van der Waals surface area contributed by atoms with Gasteiger partial charge in [-0.05, 0) is 23.3 Å². The van der Waals surface area contributed by atoms with E-state index in [0.717, 1.165) is 0 Å². The molecular formula is C10H8F2O2. The number of hydrogen-bond donors (Lipinski definition) is 1. The predicted octanol–water partition coefficient (Wildman–Crippen LogP) is 2.12. The molecule has 0 aromatic heterocycles. The number of halogens is 2. The van der Waals surface area contributed by atoms with Crippen molar-refractivity contribution in [2.75, 3.05) is 0 Å². The third-order valence-corrected chi connectivity index (χ3v) is 2.35. The maximum Gasteiger partial charge on any atom is 0.335 e.